The maximum Gasteiger partial charge on any atom is 0.493 e. The quantitative estimate of drug-likeness (QED) is 0.640. The highest BCUT2D eigenvalue weighted by Crippen LogP contribution is 2.44. The standard InChI is InChI=1S/C24H27BO3/c1-2-18-15-20(13-14-24(26)19-9-5-3-6-10-19)23-17-28-25(27-16-22(18)23)21-11-7-4-8-12-21/h2-14,18,20,22-24,26H,1,15-17H2. The predicted octanol–water partition coefficient (Wildman–Crippen LogP) is 3.77. The van der Waals surface area contributed by atoms with Gasteiger partial charge in [-0.2, -0.15) is 0 Å². The van der Waals surface area contributed by atoms with E-state index >= 15 is 0 Å². The Morgan fingerprint density at radius 2 is 1.54 bits per heavy atom. The molecule has 0 aromatic heterocycles. The van der Waals surface area contributed by atoms with Crippen LogP contribution in [0.3, 0.4) is 0 Å². The summed E-state index contributed by atoms with van der Waals surface area (Å²) in [6, 6.07) is 19.9. The van der Waals surface area contributed by atoms with Crippen molar-refractivity contribution in [3.05, 3.63) is 91.0 Å². The van der Waals surface area contributed by atoms with Gasteiger partial charge in [0.2, 0.25) is 0 Å². The molecular formula is C24H27BO3. The van der Waals surface area contributed by atoms with Gasteiger partial charge >= 0.3 is 7.12 Å². The number of rotatable bonds is 5. The van der Waals surface area contributed by atoms with Crippen molar-refractivity contribution in [2.45, 2.75) is 12.5 Å². The second-order valence-corrected chi connectivity index (χ2v) is 7.78. The zero-order valence-corrected chi connectivity index (χ0v) is 16.1. The lowest BCUT2D eigenvalue weighted by atomic mass is 9.79. The Kier molecular flexibility index (Phi) is 6.11. The molecule has 1 saturated carbocycles. The van der Waals surface area contributed by atoms with Crippen LogP contribution < -0.4 is 5.46 Å². The van der Waals surface area contributed by atoms with Crippen LogP contribution in [0.1, 0.15) is 18.1 Å². The second-order valence-electron chi connectivity index (χ2n) is 7.78. The van der Waals surface area contributed by atoms with Gasteiger partial charge in [-0.25, -0.2) is 0 Å². The summed E-state index contributed by atoms with van der Waals surface area (Å²) in [7, 11) is -0.309. The normalized spacial score (nSPS) is 28.7. The van der Waals surface area contributed by atoms with E-state index in [-0.39, 0.29) is 7.12 Å². The van der Waals surface area contributed by atoms with Gasteiger partial charge in [0.25, 0.3) is 0 Å². The largest absolute Gasteiger partial charge is 0.493 e. The average Bonchev–Trinajstić information content (AvgIpc) is 2.94. The molecule has 2 aromatic rings. The summed E-state index contributed by atoms with van der Waals surface area (Å²) in [5, 5.41) is 10.5. The predicted molar refractivity (Wildman–Crippen MR) is 113 cm³/mol. The minimum Gasteiger partial charge on any atom is -0.407 e. The molecule has 1 heterocycles. The van der Waals surface area contributed by atoms with Crippen LogP contribution in [-0.2, 0) is 9.31 Å². The number of hydrogen-bond acceptors (Lipinski definition) is 3. The Bertz CT molecular complexity index is 792. The summed E-state index contributed by atoms with van der Waals surface area (Å²) in [5.41, 5.74) is 1.97. The van der Waals surface area contributed by atoms with Gasteiger partial charge in [-0.3, -0.25) is 0 Å². The van der Waals surface area contributed by atoms with E-state index in [1.807, 2.05) is 66.7 Å². The van der Waals surface area contributed by atoms with E-state index in [0.29, 0.717) is 36.9 Å². The molecule has 2 aliphatic rings. The zero-order valence-electron chi connectivity index (χ0n) is 16.1. The molecule has 5 atom stereocenters. The molecular weight excluding hydrogens is 347 g/mol. The van der Waals surface area contributed by atoms with Gasteiger partial charge in [-0.1, -0.05) is 78.9 Å². The monoisotopic (exact) mass is 374 g/mol. The van der Waals surface area contributed by atoms with Crippen LogP contribution in [-0.4, -0.2) is 25.4 Å². The third-order valence-corrected chi connectivity index (χ3v) is 6.13. The van der Waals surface area contributed by atoms with Crippen molar-refractivity contribution in [1.29, 1.82) is 0 Å². The molecule has 0 spiro atoms. The highest BCUT2D eigenvalue weighted by molar-refractivity contribution is 6.61. The van der Waals surface area contributed by atoms with Crippen LogP contribution in [0.25, 0.3) is 0 Å². The molecule has 1 saturated heterocycles. The van der Waals surface area contributed by atoms with Gasteiger partial charge in [0.1, 0.15) is 0 Å². The van der Waals surface area contributed by atoms with E-state index in [0.717, 1.165) is 17.4 Å². The summed E-state index contributed by atoms with van der Waals surface area (Å²) < 4.78 is 12.3. The first kappa shape index (κ1) is 19.2. The minimum absolute atomic E-state index is 0.309. The van der Waals surface area contributed by atoms with Crippen molar-refractivity contribution in [3.8, 4) is 0 Å². The zero-order chi connectivity index (χ0) is 19.3. The SMILES string of the molecule is C=CC1CC(C=CC(O)c2ccccc2)C2COB(c3ccccc3)OCC12. The van der Waals surface area contributed by atoms with Crippen LogP contribution in [0.4, 0.5) is 0 Å². The molecule has 1 N–H and O–H groups in total. The summed E-state index contributed by atoms with van der Waals surface area (Å²) in [4.78, 5) is 0. The van der Waals surface area contributed by atoms with Crippen LogP contribution in [0.5, 0.6) is 0 Å². The van der Waals surface area contributed by atoms with Crippen molar-refractivity contribution >= 4 is 12.6 Å². The van der Waals surface area contributed by atoms with Crippen molar-refractivity contribution in [3.63, 3.8) is 0 Å². The van der Waals surface area contributed by atoms with Crippen molar-refractivity contribution in [2.75, 3.05) is 13.2 Å². The molecule has 4 rings (SSSR count). The molecule has 2 fully saturated rings. The van der Waals surface area contributed by atoms with Gasteiger partial charge in [0, 0.05) is 13.2 Å². The fourth-order valence-electron chi connectivity index (χ4n) is 4.54. The first-order chi connectivity index (χ1) is 13.8. The molecule has 28 heavy (non-hydrogen) atoms. The van der Waals surface area contributed by atoms with Crippen LogP contribution in [0, 0.1) is 23.7 Å². The lowest BCUT2D eigenvalue weighted by Crippen LogP contribution is -2.36. The average molecular weight is 374 g/mol. The van der Waals surface area contributed by atoms with Crippen molar-refractivity contribution in [1.82, 2.24) is 0 Å². The summed E-state index contributed by atoms with van der Waals surface area (Å²) in [6.07, 6.45) is 6.60. The van der Waals surface area contributed by atoms with Gasteiger partial charge in [0.05, 0.1) is 6.10 Å². The lowest BCUT2D eigenvalue weighted by Gasteiger charge is -2.21. The lowest BCUT2D eigenvalue weighted by molar-refractivity contribution is 0.202. The Hall–Kier alpha value is -2.14. The molecule has 1 aliphatic heterocycles. The summed E-state index contributed by atoms with van der Waals surface area (Å²) >= 11 is 0. The van der Waals surface area contributed by atoms with E-state index in [1.54, 1.807) is 0 Å². The van der Waals surface area contributed by atoms with E-state index < -0.39 is 6.10 Å². The number of aliphatic hydroxyl groups excluding tert-OH is 1. The number of aliphatic hydroxyl groups is 1. The number of benzene rings is 2. The van der Waals surface area contributed by atoms with Crippen LogP contribution in [0.2, 0.25) is 0 Å². The van der Waals surface area contributed by atoms with Gasteiger partial charge in [-0.15, -0.1) is 6.58 Å². The van der Waals surface area contributed by atoms with E-state index in [1.165, 1.54) is 0 Å². The molecule has 1 aliphatic carbocycles. The van der Waals surface area contributed by atoms with E-state index in [9.17, 15) is 5.11 Å². The Morgan fingerprint density at radius 1 is 0.929 bits per heavy atom. The number of allylic oxidation sites excluding steroid dienone is 2. The third kappa shape index (κ3) is 4.14. The number of hydrogen-bond donors (Lipinski definition) is 1. The smallest absolute Gasteiger partial charge is 0.407 e. The summed E-state index contributed by atoms with van der Waals surface area (Å²) in [6.45, 7) is 5.38. The fourth-order valence-corrected chi connectivity index (χ4v) is 4.54. The van der Waals surface area contributed by atoms with Crippen LogP contribution >= 0.6 is 0 Å². The summed E-state index contributed by atoms with van der Waals surface area (Å²) in [5.74, 6) is 1.53. The van der Waals surface area contributed by atoms with Crippen molar-refractivity contribution in [2.24, 2.45) is 23.7 Å². The first-order valence-electron chi connectivity index (χ1n) is 10.1. The molecule has 144 valence electrons. The fraction of sp³-hybridized carbons (Fsp3) is 0.333. The molecule has 5 unspecified atom stereocenters. The molecule has 3 nitrogen and oxygen atoms in total. The maximum atomic E-state index is 10.5. The maximum absolute atomic E-state index is 10.5. The highest BCUT2D eigenvalue weighted by atomic mass is 16.6. The number of fused-ring (bicyclic) bond motifs is 1. The minimum atomic E-state index is -0.581. The molecule has 2 aromatic carbocycles. The second kappa shape index (κ2) is 8.91. The molecule has 0 amide bonds. The van der Waals surface area contributed by atoms with Crippen molar-refractivity contribution < 1.29 is 14.4 Å². The Labute approximate surface area is 167 Å². The van der Waals surface area contributed by atoms with Gasteiger partial charge < -0.3 is 14.4 Å². The third-order valence-electron chi connectivity index (χ3n) is 6.13. The van der Waals surface area contributed by atoms with Gasteiger partial charge in [-0.05, 0) is 41.1 Å². The van der Waals surface area contributed by atoms with E-state index in [4.69, 9.17) is 9.31 Å². The highest BCUT2D eigenvalue weighted by Gasteiger charge is 2.44. The van der Waals surface area contributed by atoms with Crippen LogP contribution in [0.15, 0.2) is 85.5 Å². The molecule has 0 bridgehead atoms. The topological polar surface area (TPSA) is 38.7 Å². The van der Waals surface area contributed by atoms with Gasteiger partial charge in [0.15, 0.2) is 0 Å². The Morgan fingerprint density at radius 3 is 2.18 bits per heavy atom. The molecule has 4 heteroatoms. The molecule has 0 radical (unpaired) electrons. The van der Waals surface area contributed by atoms with E-state index in [2.05, 4.69) is 18.7 Å². The Balaban J connectivity index is 1.47. The first-order valence-corrected chi connectivity index (χ1v) is 10.1.